The van der Waals surface area contributed by atoms with Crippen molar-refractivity contribution in [3.63, 3.8) is 0 Å². The lowest BCUT2D eigenvalue weighted by Crippen LogP contribution is -2.50. The molecule has 0 atom stereocenters. The van der Waals surface area contributed by atoms with Crippen molar-refractivity contribution in [2.75, 3.05) is 40.4 Å². The third-order valence-corrected chi connectivity index (χ3v) is 5.29. The lowest BCUT2D eigenvalue weighted by Gasteiger charge is -2.35. The minimum atomic E-state index is -0.0719. The molecule has 1 aliphatic rings. The minimum absolute atomic E-state index is 0.0349. The number of benzene rings is 2. The maximum Gasteiger partial charge on any atom is 0.255 e. The lowest BCUT2D eigenvalue weighted by atomic mass is 10.1. The monoisotopic (exact) mass is 432 g/mol. The van der Waals surface area contributed by atoms with E-state index >= 15 is 0 Å². The number of ether oxygens (including phenoxy) is 2. The van der Waals surface area contributed by atoms with Gasteiger partial charge in [0.05, 0.1) is 19.8 Å². The number of carbonyl (C=O) groups is 2. The molecule has 0 aromatic heterocycles. The van der Waals surface area contributed by atoms with Gasteiger partial charge in [0.15, 0.2) is 0 Å². The van der Waals surface area contributed by atoms with Crippen LogP contribution in [0.4, 0.5) is 0 Å². The molecule has 1 fully saturated rings. The maximum absolute atomic E-state index is 12.8. The molecular weight excluding hydrogens is 412 g/mol. The fraction of sp³-hybridized carbons (Fsp3) is 0.300. The van der Waals surface area contributed by atoms with Crippen LogP contribution in [0.25, 0.3) is 0 Å². The van der Waals surface area contributed by atoms with Gasteiger partial charge in [-0.05, 0) is 58.4 Å². The van der Waals surface area contributed by atoms with E-state index in [1.54, 1.807) is 66.5 Å². The molecule has 6 nitrogen and oxygen atoms in total. The highest BCUT2D eigenvalue weighted by atomic mass is 79.9. The molecule has 0 unspecified atom stereocenters. The van der Waals surface area contributed by atoms with Crippen LogP contribution in [-0.4, -0.2) is 62.0 Å². The second kappa shape index (κ2) is 8.43. The fourth-order valence-corrected chi connectivity index (χ4v) is 3.41. The molecule has 0 bridgehead atoms. The Balaban J connectivity index is 1.64. The Kier molecular flexibility index (Phi) is 6.01. The van der Waals surface area contributed by atoms with Crippen LogP contribution in [0.2, 0.25) is 0 Å². The predicted octanol–water partition coefficient (Wildman–Crippen LogP) is 3.06. The molecule has 0 radical (unpaired) electrons. The molecule has 0 spiro atoms. The van der Waals surface area contributed by atoms with Crippen LogP contribution in [-0.2, 0) is 0 Å². The number of methoxy groups -OCH3 is 2. The van der Waals surface area contributed by atoms with Crippen LogP contribution in [0.15, 0.2) is 46.9 Å². The van der Waals surface area contributed by atoms with Crippen LogP contribution < -0.4 is 9.47 Å². The Bertz CT molecular complexity index is 830. The summed E-state index contributed by atoms with van der Waals surface area (Å²) < 4.78 is 11.1. The molecule has 3 rings (SSSR count). The van der Waals surface area contributed by atoms with Crippen LogP contribution in [0.5, 0.6) is 11.5 Å². The molecule has 1 aliphatic heterocycles. The summed E-state index contributed by atoms with van der Waals surface area (Å²) in [7, 11) is 3.16. The topological polar surface area (TPSA) is 59.1 Å². The van der Waals surface area contributed by atoms with Gasteiger partial charge >= 0.3 is 0 Å². The molecule has 2 aromatic rings. The summed E-state index contributed by atoms with van der Waals surface area (Å²) in [6, 6.07) is 12.4. The molecule has 1 heterocycles. The first kappa shape index (κ1) is 19.2. The average molecular weight is 433 g/mol. The van der Waals surface area contributed by atoms with Crippen molar-refractivity contribution in [3.8, 4) is 11.5 Å². The molecule has 27 heavy (non-hydrogen) atoms. The van der Waals surface area contributed by atoms with Gasteiger partial charge in [0.2, 0.25) is 0 Å². The first-order valence-corrected chi connectivity index (χ1v) is 9.39. The van der Waals surface area contributed by atoms with E-state index in [1.165, 1.54) is 0 Å². The van der Waals surface area contributed by atoms with Crippen LogP contribution >= 0.6 is 15.9 Å². The molecule has 1 saturated heterocycles. The summed E-state index contributed by atoms with van der Waals surface area (Å²) in [4.78, 5) is 29.0. The van der Waals surface area contributed by atoms with Gasteiger partial charge in [-0.1, -0.05) is 0 Å². The zero-order valence-electron chi connectivity index (χ0n) is 15.3. The number of carbonyl (C=O) groups excluding carboxylic acids is 2. The summed E-state index contributed by atoms with van der Waals surface area (Å²) >= 11 is 3.43. The van der Waals surface area contributed by atoms with Crippen LogP contribution in [0.3, 0.4) is 0 Å². The van der Waals surface area contributed by atoms with Crippen molar-refractivity contribution in [1.29, 1.82) is 0 Å². The number of amides is 2. The summed E-state index contributed by atoms with van der Waals surface area (Å²) in [5.74, 6) is 1.24. The van der Waals surface area contributed by atoms with E-state index in [0.717, 1.165) is 4.47 Å². The van der Waals surface area contributed by atoms with Gasteiger partial charge < -0.3 is 19.3 Å². The molecular formula is C20H21BrN2O4. The predicted molar refractivity (Wildman–Crippen MR) is 105 cm³/mol. The van der Waals surface area contributed by atoms with Gasteiger partial charge in [0.25, 0.3) is 11.8 Å². The molecule has 142 valence electrons. The Labute approximate surface area is 166 Å². The second-order valence-electron chi connectivity index (χ2n) is 6.16. The highest BCUT2D eigenvalue weighted by Crippen LogP contribution is 2.24. The van der Waals surface area contributed by atoms with Crippen molar-refractivity contribution in [2.24, 2.45) is 0 Å². The van der Waals surface area contributed by atoms with E-state index in [-0.39, 0.29) is 11.8 Å². The normalized spacial score (nSPS) is 14.0. The summed E-state index contributed by atoms with van der Waals surface area (Å²) in [5.41, 5.74) is 1.18. The standard InChI is InChI=1S/C20H21BrN2O4/c1-26-15-5-3-14(4-6-15)19(24)22-9-11-23(12-10-22)20(25)17-13-16(27-2)7-8-18(17)21/h3-8,13H,9-12H2,1-2H3. The van der Waals surface area contributed by atoms with Gasteiger partial charge in [0.1, 0.15) is 11.5 Å². The summed E-state index contributed by atoms with van der Waals surface area (Å²) in [5, 5.41) is 0. The van der Waals surface area contributed by atoms with Gasteiger partial charge in [-0.3, -0.25) is 9.59 Å². The molecule has 2 aromatic carbocycles. The van der Waals surface area contributed by atoms with Crippen molar-refractivity contribution in [2.45, 2.75) is 0 Å². The van der Waals surface area contributed by atoms with Gasteiger partial charge in [-0.25, -0.2) is 0 Å². The zero-order chi connectivity index (χ0) is 19.4. The van der Waals surface area contributed by atoms with Crippen LogP contribution in [0, 0.1) is 0 Å². The molecule has 0 aliphatic carbocycles. The van der Waals surface area contributed by atoms with Gasteiger partial charge in [-0.15, -0.1) is 0 Å². The Morgan fingerprint density at radius 2 is 1.33 bits per heavy atom. The third kappa shape index (κ3) is 4.24. The minimum Gasteiger partial charge on any atom is -0.497 e. The number of hydrogen-bond donors (Lipinski definition) is 0. The summed E-state index contributed by atoms with van der Waals surface area (Å²) in [6.07, 6.45) is 0. The second-order valence-corrected chi connectivity index (χ2v) is 7.01. The van der Waals surface area contributed by atoms with E-state index in [9.17, 15) is 9.59 Å². The van der Waals surface area contributed by atoms with E-state index in [1.807, 2.05) is 0 Å². The quantitative estimate of drug-likeness (QED) is 0.744. The SMILES string of the molecule is COc1ccc(C(=O)N2CCN(C(=O)c3cc(OC)ccc3Br)CC2)cc1. The van der Waals surface area contributed by atoms with E-state index in [0.29, 0.717) is 48.8 Å². The van der Waals surface area contributed by atoms with Gasteiger partial charge in [-0.2, -0.15) is 0 Å². The van der Waals surface area contributed by atoms with Crippen LogP contribution in [0.1, 0.15) is 20.7 Å². The van der Waals surface area contributed by atoms with E-state index in [4.69, 9.17) is 9.47 Å². The first-order chi connectivity index (χ1) is 13.0. The van der Waals surface area contributed by atoms with E-state index < -0.39 is 0 Å². The van der Waals surface area contributed by atoms with Crippen molar-refractivity contribution in [1.82, 2.24) is 9.80 Å². The molecule has 7 heteroatoms. The molecule has 0 N–H and O–H groups in total. The number of piperazine rings is 1. The average Bonchev–Trinajstić information content (AvgIpc) is 2.73. The smallest absolute Gasteiger partial charge is 0.255 e. The Morgan fingerprint density at radius 1 is 0.815 bits per heavy atom. The lowest BCUT2D eigenvalue weighted by molar-refractivity contribution is 0.0535. The highest BCUT2D eigenvalue weighted by molar-refractivity contribution is 9.10. The third-order valence-electron chi connectivity index (χ3n) is 4.60. The zero-order valence-corrected chi connectivity index (χ0v) is 16.9. The molecule has 2 amide bonds. The Hall–Kier alpha value is -2.54. The number of rotatable bonds is 4. The fourth-order valence-electron chi connectivity index (χ4n) is 2.99. The van der Waals surface area contributed by atoms with Crippen molar-refractivity contribution < 1.29 is 19.1 Å². The molecule has 0 saturated carbocycles. The summed E-state index contributed by atoms with van der Waals surface area (Å²) in [6.45, 7) is 1.98. The van der Waals surface area contributed by atoms with E-state index in [2.05, 4.69) is 15.9 Å². The van der Waals surface area contributed by atoms with Crippen molar-refractivity contribution >= 4 is 27.7 Å². The largest absolute Gasteiger partial charge is 0.497 e. The highest BCUT2D eigenvalue weighted by Gasteiger charge is 2.26. The Morgan fingerprint density at radius 3 is 1.89 bits per heavy atom. The maximum atomic E-state index is 12.8. The first-order valence-electron chi connectivity index (χ1n) is 8.59. The number of nitrogens with zero attached hydrogens (tertiary/aromatic N) is 2. The van der Waals surface area contributed by atoms with Gasteiger partial charge in [0, 0.05) is 36.2 Å². The number of halogens is 1. The number of hydrogen-bond acceptors (Lipinski definition) is 4. The van der Waals surface area contributed by atoms with Crippen molar-refractivity contribution in [3.05, 3.63) is 58.1 Å².